The minimum atomic E-state index is -4.59. The minimum absolute atomic E-state index is 0.147. The Morgan fingerprint density at radius 1 is 1.37 bits per heavy atom. The van der Waals surface area contributed by atoms with Gasteiger partial charge in [-0.15, -0.1) is 0 Å². The predicted molar refractivity (Wildman–Crippen MR) is 58.3 cm³/mol. The molecular weight excluding hydrogens is 263 g/mol. The monoisotopic (exact) mass is 273 g/mol. The summed E-state index contributed by atoms with van der Waals surface area (Å²) in [5.74, 6) is -0.905. The SMILES string of the molecule is CCOC(=O)COc1cc(C#N)cc(C(F)(F)F)c1. The fourth-order valence-electron chi connectivity index (χ4n) is 1.26. The molecule has 0 aromatic heterocycles. The van der Waals surface area contributed by atoms with Crippen LogP contribution in [0.4, 0.5) is 13.2 Å². The molecule has 4 nitrogen and oxygen atoms in total. The van der Waals surface area contributed by atoms with Crippen molar-refractivity contribution in [3.8, 4) is 11.8 Å². The standard InChI is InChI=1S/C12H10F3NO3/c1-2-18-11(17)7-19-10-4-8(6-16)3-9(5-10)12(13,14)15/h3-5H,2,7H2,1H3. The predicted octanol–water partition coefficient (Wildman–Crippen LogP) is 2.52. The Hall–Kier alpha value is -2.23. The first-order valence-corrected chi connectivity index (χ1v) is 5.27. The van der Waals surface area contributed by atoms with Crippen molar-refractivity contribution in [2.45, 2.75) is 13.1 Å². The first-order valence-electron chi connectivity index (χ1n) is 5.27. The molecule has 7 heteroatoms. The quantitative estimate of drug-likeness (QED) is 0.791. The number of carbonyl (C=O) groups is 1. The zero-order valence-electron chi connectivity index (χ0n) is 9.95. The molecule has 0 spiro atoms. The molecule has 19 heavy (non-hydrogen) atoms. The molecule has 0 radical (unpaired) electrons. The van der Waals surface area contributed by atoms with Crippen LogP contribution >= 0.6 is 0 Å². The van der Waals surface area contributed by atoms with Crippen LogP contribution in [0.5, 0.6) is 5.75 Å². The molecule has 0 fully saturated rings. The van der Waals surface area contributed by atoms with Gasteiger partial charge in [-0.3, -0.25) is 0 Å². The number of ether oxygens (including phenoxy) is 2. The van der Waals surface area contributed by atoms with E-state index >= 15 is 0 Å². The molecule has 0 heterocycles. The molecule has 0 saturated heterocycles. The molecular formula is C12H10F3NO3. The second-order valence-corrected chi connectivity index (χ2v) is 3.45. The molecule has 0 aliphatic carbocycles. The van der Waals surface area contributed by atoms with Gasteiger partial charge < -0.3 is 9.47 Å². The highest BCUT2D eigenvalue weighted by Gasteiger charge is 2.31. The molecule has 0 unspecified atom stereocenters. The van der Waals surface area contributed by atoms with E-state index in [0.717, 1.165) is 12.1 Å². The van der Waals surface area contributed by atoms with E-state index in [1.165, 1.54) is 0 Å². The molecule has 0 amide bonds. The average molecular weight is 273 g/mol. The van der Waals surface area contributed by atoms with Gasteiger partial charge in [0.25, 0.3) is 0 Å². The number of halogens is 3. The Balaban J connectivity index is 2.90. The third-order valence-electron chi connectivity index (χ3n) is 2.02. The second-order valence-electron chi connectivity index (χ2n) is 3.45. The van der Waals surface area contributed by atoms with Gasteiger partial charge in [-0.25, -0.2) is 4.79 Å². The van der Waals surface area contributed by atoms with Crippen LogP contribution in [0, 0.1) is 11.3 Å². The molecule has 0 saturated carbocycles. The van der Waals surface area contributed by atoms with Gasteiger partial charge >= 0.3 is 12.1 Å². The number of esters is 1. The summed E-state index contributed by atoms with van der Waals surface area (Å²) in [7, 11) is 0. The van der Waals surface area contributed by atoms with Crippen LogP contribution in [0.25, 0.3) is 0 Å². The maximum atomic E-state index is 12.5. The number of rotatable bonds is 4. The molecule has 1 aromatic carbocycles. The van der Waals surface area contributed by atoms with E-state index in [4.69, 9.17) is 10.00 Å². The Bertz CT molecular complexity index is 506. The van der Waals surface area contributed by atoms with Crippen molar-refractivity contribution in [3.05, 3.63) is 29.3 Å². The Labute approximate surface area is 107 Å². The lowest BCUT2D eigenvalue weighted by Crippen LogP contribution is -2.15. The number of hydrogen-bond donors (Lipinski definition) is 0. The van der Waals surface area contributed by atoms with Crippen molar-refractivity contribution in [2.75, 3.05) is 13.2 Å². The summed E-state index contributed by atoms with van der Waals surface area (Å²) in [6, 6.07) is 4.14. The molecule has 1 aromatic rings. The molecule has 0 aliphatic heterocycles. The normalized spacial score (nSPS) is 10.7. The van der Waals surface area contributed by atoms with Gasteiger partial charge in [0.2, 0.25) is 0 Å². The van der Waals surface area contributed by atoms with E-state index in [-0.39, 0.29) is 17.9 Å². The minimum Gasteiger partial charge on any atom is -0.482 e. The Morgan fingerprint density at radius 3 is 2.58 bits per heavy atom. The molecule has 0 bridgehead atoms. The second kappa shape index (κ2) is 6.09. The van der Waals surface area contributed by atoms with Crippen LogP contribution in [-0.2, 0) is 15.7 Å². The van der Waals surface area contributed by atoms with Crippen LogP contribution in [0.2, 0.25) is 0 Å². The van der Waals surface area contributed by atoms with E-state index < -0.39 is 24.3 Å². The van der Waals surface area contributed by atoms with Crippen molar-refractivity contribution in [1.82, 2.24) is 0 Å². The number of alkyl halides is 3. The number of hydrogen-bond acceptors (Lipinski definition) is 4. The summed E-state index contributed by atoms with van der Waals surface area (Å²) in [6.07, 6.45) is -4.59. The summed E-state index contributed by atoms with van der Waals surface area (Å²) in [5.41, 5.74) is -1.21. The fourth-order valence-corrected chi connectivity index (χ4v) is 1.26. The third-order valence-corrected chi connectivity index (χ3v) is 2.02. The molecule has 1 rings (SSSR count). The first-order chi connectivity index (χ1) is 8.86. The molecule has 102 valence electrons. The zero-order valence-corrected chi connectivity index (χ0v) is 9.95. The van der Waals surface area contributed by atoms with Gasteiger partial charge in [0.1, 0.15) is 5.75 Å². The van der Waals surface area contributed by atoms with Gasteiger partial charge in [0, 0.05) is 0 Å². The number of benzene rings is 1. The summed E-state index contributed by atoms with van der Waals surface area (Å²) in [5, 5.41) is 8.65. The van der Waals surface area contributed by atoms with Crippen LogP contribution in [0.1, 0.15) is 18.1 Å². The van der Waals surface area contributed by atoms with Gasteiger partial charge in [0.05, 0.1) is 23.8 Å². The van der Waals surface area contributed by atoms with Crippen LogP contribution in [-0.4, -0.2) is 19.2 Å². The maximum absolute atomic E-state index is 12.5. The summed E-state index contributed by atoms with van der Waals surface area (Å²) in [4.78, 5) is 11.0. The van der Waals surface area contributed by atoms with Gasteiger partial charge in [0.15, 0.2) is 6.61 Å². The van der Waals surface area contributed by atoms with E-state index in [9.17, 15) is 18.0 Å². The number of nitrogens with zero attached hydrogens (tertiary/aromatic N) is 1. The van der Waals surface area contributed by atoms with Crippen LogP contribution < -0.4 is 4.74 Å². The van der Waals surface area contributed by atoms with Crippen molar-refractivity contribution in [1.29, 1.82) is 5.26 Å². The Morgan fingerprint density at radius 2 is 2.05 bits per heavy atom. The topological polar surface area (TPSA) is 59.3 Å². The number of nitriles is 1. The highest BCUT2D eigenvalue weighted by Crippen LogP contribution is 2.32. The van der Waals surface area contributed by atoms with Crippen molar-refractivity contribution in [2.24, 2.45) is 0 Å². The maximum Gasteiger partial charge on any atom is 0.416 e. The van der Waals surface area contributed by atoms with Gasteiger partial charge in [-0.1, -0.05) is 0 Å². The largest absolute Gasteiger partial charge is 0.482 e. The summed E-state index contributed by atoms with van der Waals surface area (Å²) < 4.78 is 47.1. The van der Waals surface area contributed by atoms with Gasteiger partial charge in [-0.2, -0.15) is 18.4 Å². The lowest BCUT2D eigenvalue weighted by molar-refractivity contribution is -0.145. The van der Waals surface area contributed by atoms with Crippen molar-refractivity contribution in [3.63, 3.8) is 0 Å². The lowest BCUT2D eigenvalue weighted by atomic mass is 10.1. The van der Waals surface area contributed by atoms with E-state index in [0.29, 0.717) is 6.07 Å². The summed E-state index contributed by atoms with van der Waals surface area (Å²) in [6.45, 7) is 1.23. The zero-order chi connectivity index (χ0) is 14.5. The van der Waals surface area contributed by atoms with E-state index in [1.54, 1.807) is 13.0 Å². The van der Waals surface area contributed by atoms with E-state index in [2.05, 4.69) is 4.74 Å². The summed E-state index contributed by atoms with van der Waals surface area (Å²) >= 11 is 0. The molecule has 0 N–H and O–H groups in total. The third kappa shape index (κ3) is 4.50. The fraction of sp³-hybridized carbons (Fsp3) is 0.333. The van der Waals surface area contributed by atoms with Crippen LogP contribution in [0.3, 0.4) is 0 Å². The average Bonchev–Trinajstić information content (AvgIpc) is 2.35. The van der Waals surface area contributed by atoms with Gasteiger partial charge in [-0.05, 0) is 25.1 Å². The Kier molecular flexibility index (Phi) is 4.75. The van der Waals surface area contributed by atoms with Crippen molar-refractivity contribution >= 4 is 5.97 Å². The first kappa shape index (κ1) is 14.8. The van der Waals surface area contributed by atoms with E-state index in [1.807, 2.05) is 0 Å². The smallest absolute Gasteiger partial charge is 0.416 e. The van der Waals surface area contributed by atoms with Crippen LogP contribution in [0.15, 0.2) is 18.2 Å². The van der Waals surface area contributed by atoms with Crippen molar-refractivity contribution < 1.29 is 27.4 Å². The number of carbonyl (C=O) groups excluding carboxylic acids is 1. The molecule has 0 aliphatic rings. The molecule has 0 atom stereocenters. The lowest BCUT2D eigenvalue weighted by Gasteiger charge is -2.10. The highest BCUT2D eigenvalue weighted by molar-refractivity contribution is 5.71. The highest BCUT2D eigenvalue weighted by atomic mass is 19.4.